The lowest BCUT2D eigenvalue weighted by molar-refractivity contribution is -0.113. The van der Waals surface area contributed by atoms with Crippen LogP contribution in [0.25, 0.3) is 11.1 Å². The quantitative estimate of drug-likeness (QED) is 0.455. The molecule has 0 bridgehead atoms. The van der Waals surface area contributed by atoms with Crippen molar-refractivity contribution < 1.29 is 4.79 Å². The molecule has 2 aromatic carbocycles. The number of nitrogen functional groups attached to an aromatic ring is 1. The lowest BCUT2D eigenvalue weighted by Gasteiger charge is -2.14. The molecule has 0 saturated heterocycles. The molecule has 0 atom stereocenters. The molecule has 0 fully saturated rings. The number of carbonyl (C=O) groups is 1. The molecule has 0 aliphatic rings. The van der Waals surface area contributed by atoms with E-state index in [1.54, 1.807) is 0 Å². The first-order valence-corrected chi connectivity index (χ1v) is 11.6. The van der Waals surface area contributed by atoms with Gasteiger partial charge in [-0.3, -0.25) is 4.79 Å². The highest BCUT2D eigenvalue weighted by Crippen LogP contribution is 2.36. The van der Waals surface area contributed by atoms with Gasteiger partial charge in [0, 0.05) is 11.3 Å². The Hall–Kier alpha value is -3.81. The average Bonchev–Trinajstić information content (AvgIpc) is 2.82. The summed E-state index contributed by atoms with van der Waals surface area (Å²) in [7, 11) is 0. The van der Waals surface area contributed by atoms with E-state index >= 15 is 0 Å². The number of rotatable bonds is 7. The molecule has 3 aromatic rings. The summed E-state index contributed by atoms with van der Waals surface area (Å²) in [6.45, 7) is 6.22. The van der Waals surface area contributed by atoms with Crippen LogP contribution in [-0.4, -0.2) is 16.6 Å². The van der Waals surface area contributed by atoms with Crippen LogP contribution in [0.3, 0.4) is 0 Å². The molecule has 166 valence electrons. The normalized spacial score (nSPS) is 10.5. The van der Waals surface area contributed by atoms with Crippen molar-refractivity contribution >= 4 is 29.2 Å². The number of aryl methyl sites for hydroxylation is 1. The number of hydrogen-bond donors (Lipinski definition) is 2. The Morgan fingerprint density at radius 1 is 1.09 bits per heavy atom. The molecule has 0 unspecified atom stereocenters. The van der Waals surface area contributed by atoms with Gasteiger partial charge in [-0.25, -0.2) is 4.98 Å². The Balaban J connectivity index is 1.92. The van der Waals surface area contributed by atoms with Gasteiger partial charge in [-0.2, -0.15) is 10.5 Å². The standard InChI is InChI=1S/C26H25N5OS/c1-4-17-7-5-6-8-22(17)30-23(32)15-33-26-21(14-28)24(20(13-27)25(29)31-26)19-11-9-18(10-12-19)16(2)3/h5-12,16H,4,15H2,1-3H3,(H2,29,31)(H,30,32). The maximum absolute atomic E-state index is 12.6. The highest BCUT2D eigenvalue weighted by Gasteiger charge is 2.21. The van der Waals surface area contributed by atoms with Gasteiger partial charge in [0.2, 0.25) is 5.91 Å². The van der Waals surface area contributed by atoms with Crippen LogP contribution >= 0.6 is 11.8 Å². The summed E-state index contributed by atoms with van der Waals surface area (Å²) >= 11 is 1.13. The number of nitrogens with two attached hydrogens (primary N) is 1. The zero-order chi connectivity index (χ0) is 24.0. The maximum atomic E-state index is 12.6. The minimum Gasteiger partial charge on any atom is -0.383 e. The number of para-hydroxylation sites is 1. The lowest BCUT2D eigenvalue weighted by Crippen LogP contribution is -2.15. The monoisotopic (exact) mass is 455 g/mol. The summed E-state index contributed by atoms with van der Waals surface area (Å²) in [6.07, 6.45) is 0.800. The second-order valence-electron chi connectivity index (χ2n) is 7.78. The van der Waals surface area contributed by atoms with Gasteiger partial charge in [-0.15, -0.1) is 0 Å². The Morgan fingerprint density at radius 3 is 2.36 bits per heavy atom. The molecule has 6 nitrogen and oxygen atoms in total. The number of carbonyl (C=O) groups excluding carboxylic acids is 1. The van der Waals surface area contributed by atoms with Gasteiger partial charge in [0.05, 0.1) is 11.3 Å². The number of nitriles is 2. The molecular weight excluding hydrogens is 430 g/mol. The zero-order valence-electron chi connectivity index (χ0n) is 18.8. The van der Waals surface area contributed by atoms with E-state index in [0.29, 0.717) is 22.1 Å². The van der Waals surface area contributed by atoms with E-state index in [1.807, 2.05) is 55.5 Å². The SMILES string of the molecule is CCc1ccccc1NC(=O)CSc1nc(N)c(C#N)c(-c2ccc(C(C)C)cc2)c1C#N. The molecule has 0 spiro atoms. The van der Waals surface area contributed by atoms with Crippen LogP contribution in [-0.2, 0) is 11.2 Å². The Labute approximate surface area is 198 Å². The zero-order valence-corrected chi connectivity index (χ0v) is 19.7. The van der Waals surface area contributed by atoms with Crippen molar-refractivity contribution in [1.82, 2.24) is 4.98 Å². The number of nitrogens with zero attached hydrogens (tertiary/aromatic N) is 3. The lowest BCUT2D eigenvalue weighted by atomic mass is 9.94. The fourth-order valence-corrected chi connectivity index (χ4v) is 4.29. The molecule has 0 radical (unpaired) electrons. The van der Waals surface area contributed by atoms with Crippen LogP contribution in [0, 0.1) is 22.7 Å². The summed E-state index contributed by atoms with van der Waals surface area (Å²) in [5.41, 5.74) is 10.6. The van der Waals surface area contributed by atoms with Crippen molar-refractivity contribution in [2.75, 3.05) is 16.8 Å². The Morgan fingerprint density at radius 2 is 1.76 bits per heavy atom. The van der Waals surface area contributed by atoms with E-state index in [4.69, 9.17) is 5.73 Å². The van der Waals surface area contributed by atoms with E-state index in [0.717, 1.165) is 35.0 Å². The molecule has 1 aromatic heterocycles. The van der Waals surface area contributed by atoms with E-state index in [9.17, 15) is 15.3 Å². The van der Waals surface area contributed by atoms with Gasteiger partial charge in [-0.1, -0.05) is 75.0 Å². The molecule has 3 rings (SSSR count). The van der Waals surface area contributed by atoms with Crippen LogP contribution in [0.2, 0.25) is 0 Å². The maximum Gasteiger partial charge on any atom is 0.234 e. The molecule has 3 N–H and O–H groups in total. The van der Waals surface area contributed by atoms with Gasteiger partial charge in [0.1, 0.15) is 28.5 Å². The van der Waals surface area contributed by atoms with Crippen LogP contribution in [0.1, 0.15) is 48.9 Å². The molecule has 7 heteroatoms. The number of thioether (sulfide) groups is 1. The third-order valence-electron chi connectivity index (χ3n) is 5.29. The molecule has 0 aliphatic heterocycles. The molecule has 33 heavy (non-hydrogen) atoms. The van der Waals surface area contributed by atoms with Gasteiger partial charge < -0.3 is 11.1 Å². The van der Waals surface area contributed by atoms with Crippen LogP contribution < -0.4 is 11.1 Å². The van der Waals surface area contributed by atoms with Gasteiger partial charge in [0.25, 0.3) is 0 Å². The predicted octanol–water partition coefficient (Wildman–Crippen LogP) is 5.49. The largest absolute Gasteiger partial charge is 0.383 e. The summed E-state index contributed by atoms with van der Waals surface area (Å²) < 4.78 is 0. The first kappa shape index (κ1) is 23.8. The smallest absolute Gasteiger partial charge is 0.234 e. The molecule has 0 aliphatic carbocycles. The average molecular weight is 456 g/mol. The number of anilines is 2. The van der Waals surface area contributed by atoms with Crippen molar-refractivity contribution in [2.24, 2.45) is 0 Å². The van der Waals surface area contributed by atoms with E-state index in [2.05, 4.69) is 36.3 Å². The molecular formula is C26H25N5OS. The highest BCUT2D eigenvalue weighted by molar-refractivity contribution is 8.00. The number of pyridine rings is 1. The molecule has 1 amide bonds. The van der Waals surface area contributed by atoms with Gasteiger partial charge >= 0.3 is 0 Å². The fourth-order valence-electron chi connectivity index (χ4n) is 3.50. The van der Waals surface area contributed by atoms with Crippen LogP contribution in [0.5, 0.6) is 0 Å². The second kappa shape index (κ2) is 10.7. The van der Waals surface area contributed by atoms with Crippen LogP contribution in [0.4, 0.5) is 11.5 Å². The highest BCUT2D eigenvalue weighted by atomic mass is 32.2. The first-order valence-electron chi connectivity index (χ1n) is 10.6. The van der Waals surface area contributed by atoms with Crippen molar-refractivity contribution in [3.63, 3.8) is 0 Å². The van der Waals surface area contributed by atoms with Crippen molar-refractivity contribution in [3.8, 4) is 23.3 Å². The second-order valence-corrected chi connectivity index (χ2v) is 8.74. The van der Waals surface area contributed by atoms with E-state index in [-0.39, 0.29) is 28.6 Å². The number of amides is 1. The first-order chi connectivity index (χ1) is 15.9. The van der Waals surface area contributed by atoms with Crippen molar-refractivity contribution in [2.45, 2.75) is 38.1 Å². The fraction of sp³-hybridized carbons (Fsp3) is 0.231. The summed E-state index contributed by atoms with van der Waals surface area (Å²) in [5, 5.41) is 22.9. The number of aromatic nitrogens is 1. The van der Waals surface area contributed by atoms with Gasteiger partial charge in [0.15, 0.2) is 0 Å². The number of hydrogen-bond acceptors (Lipinski definition) is 6. The number of benzene rings is 2. The third kappa shape index (κ3) is 5.34. The predicted molar refractivity (Wildman–Crippen MR) is 133 cm³/mol. The minimum atomic E-state index is -0.211. The molecule has 0 saturated carbocycles. The summed E-state index contributed by atoms with van der Waals surface area (Å²) in [5.74, 6) is 0.238. The van der Waals surface area contributed by atoms with Gasteiger partial charge in [-0.05, 0) is 35.1 Å². The van der Waals surface area contributed by atoms with E-state index in [1.165, 1.54) is 0 Å². The molecule has 1 heterocycles. The minimum absolute atomic E-state index is 0.0404. The summed E-state index contributed by atoms with van der Waals surface area (Å²) in [4.78, 5) is 16.9. The number of nitrogens with one attached hydrogen (secondary N) is 1. The van der Waals surface area contributed by atoms with Crippen molar-refractivity contribution in [1.29, 1.82) is 10.5 Å². The Kier molecular flexibility index (Phi) is 7.71. The van der Waals surface area contributed by atoms with Crippen molar-refractivity contribution in [3.05, 3.63) is 70.8 Å². The summed E-state index contributed by atoms with van der Waals surface area (Å²) in [6, 6.07) is 19.6. The topological polar surface area (TPSA) is 116 Å². The Bertz CT molecular complexity index is 1250. The van der Waals surface area contributed by atoms with Crippen LogP contribution in [0.15, 0.2) is 53.6 Å². The third-order valence-corrected chi connectivity index (χ3v) is 6.27. The van der Waals surface area contributed by atoms with E-state index < -0.39 is 0 Å².